The number of anilines is 1. The average molecular weight is 480 g/mol. The Bertz CT molecular complexity index is 1010. The fourth-order valence-corrected chi connectivity index (χ4v) is 4.41. The summed E-state index contributed by atoms with van der Waals surface area (Å²) in [5.74, 6) is 1.03. The molecule has 2 aromatic heterocycles. The quantitative estimate of drug-likeness (QED) is 0.496. The van der Waals surface area contributed by atoms with Crippen molar-refractivity contribution in [1.29, 1.82) is 0 Å². The number of carbonyl (C=O) groups is 1. The lowest BCUT2D eigenvalue weighted by Gasteiger charge is -2.29. The zero-order valence-corrected chi connectivity index (χ0v) is 20.8. The van der Waals surface area contributed by atoms with Crippen LogP contribution in [0.1, 0.15) is 68.6 Å². The summed E-state index contributed by atoms with van der Waals surface area (Å²) in [5, 5.41) is 16.2. The van der Waals surface area contributed by atoms with Gasteiger partial charge in [-0.3, -0.25) is 9.78 Å². The van der Waals surface area contributed by atoms with Gasteiger partial charge in [0.15, 0.2) is 5.82 Å². The summed E-state index contributed by atoms with van der Waals surface area (Å²) in [5.41, 5.74) is 2.98. The van der Waals surface area contributed by atoms with Gasteiger partial charge in [-0.15, -0.1) is 0 Å². The van der Waals surface area contributed by atoms with E-state index in [1.54, 1.807) is 18.5 Å². The van der Waals surface area contributed by atoms with Crippen molar-refractivity contribution < 1.29 is 9.90 Å². The third-order valence-electron chi connectivity index (χ3n) is 6.73. The van der Waals surface area contributed by atoms with E-state index in [0.29, 0.717) is 23.0 Å². The number of unbranched alkanes of at least 4 members (excludes halogenated alkanes) is 1. The molecule has 1 aliphatic carbocycles. The van der Waals surface area contributed by atoms with E-state index in [4.69, 9.17) is 4.99 Å². The van der Waals surface area contributed by atoms with Gasteiger partial charge in [0.2, 0.25) is 5.95 Å². The number of aliphatic imine (C=N–C) groups is 1. The molecule has 1 amide bonds. The van der Waals surface area contributed by atoms with Gasteiger partial charge in [0.1, 0.15) is 0 Å². The Labute approximate surface area is 207 Å². The largest absolute Gasteiger partial charge is 0.393 e. The van der Waals surface area contributed by atoms with Gasteiger partial charge < -0.3 is 20.6 Å². The van der Waals surface area contributed by atoms with Crippen molar-refractivity contribution in [2.75, 3.05) is 32.0 Å². The first-order valence-corrected chi connectivity index (χ1v) is 12.8. The molecule has 2 fully saturated rings. The molecule has 1 saturated heterocycles. The molecule has 0 unspecified atom stereocenters. The van der Waals surface area contributed by atoms with Gasteiger partial charge in [-0.2, -0.15) is 4.98 Å². The predicted molar refractivity (Wildman–Crippen MR) is 138 cm³/mol. The zero-order chi connectivity index (χ0) is 24.6. The minimum absolute atomic E-state index is 0.0912. The summed E-state index contributed by atoms with van der Waals surface area (Å²) < 4.78 is 0. The van der Waals surface area contributed by atoms with Gasteiger partial charge >= 0.3 is 0 Å². The Hall–Kier alpha value is -2.91. The maximum Gasteiger partial charge on any atom is 0.253 e. The summed E-state index contributed by atoms with van der Waals surface area (Å²) in [7, 11) is 2.11. The third kappa shape index (κ3) is 7.05. The lowest BCUT2D eigenvalue weighted by molar-refractivity contribution is 0.0916. The summed E-state index contributed by atoms with van der Waals surface area (Å²) in [6, 6.07) is 3.84. The molecule has 2 aliphatic rings. The van der Waals surface area contributed by atoms with E-state index in [2.05, 4.69) is 44.5 Å². The van der Waals surface area contributed by atoms with Gasteiger partial charge in [0.05, 0.1) is 22.9 Å². The standard InChI is InChI=1S/C26H37N7O2/c1-3-4-13-27-26-29-17-22(24(32-26)30-19-6-8-21(34)9-7-19)23-10-5-18(16-28-23)25(35)31-20-11-14-33(2)15-12-20/h5,10,16-17,20-21,34H,3-4,6-9,11-15H2,1-2H3,(H,31,35)(H,27,29,32). The topological polar surface area (TPSA) is 116 Å². The van der Waals surface area contributed by atoms with Crippen molar-refractivity contribution in [2.24, 2.45) is 4.99 Å². The first-order valence-electron chi connectivity index (χ1n) is 12.8. The molecule has 9 nitrogen and oxygen atoms in total. The molecule has 9 heteroatoms. The first kappa shape index (κ1) is 25.2. The van der Waals surface area contributed by atoms with Crippen LogP contribution in [0.3, 0.4) is 0 Å². The van der Waals surface area contributed by atoms with Crippen LogP contribution in [0.15, 0.2) is 29.5 Å². The Balaban J connectivity index is 1.52. The minimum atomic E-state index is -0.250. The summed E-state index contributed by atoms with van der Waals surface area (Å²) in [4.78, 5) is 33.6. The van der Waals surface area contributed by atoms with E-state index in [0.717, 1.165) is 82.3 Å². The lowest BCUT2D eigenvalue weighted by Crippen LogP contribution is -2.43. The number of aromatic nitrogens is 3. The van der Waals surface area contributed by atoms with Gasteiger partial charge in [-0.1, -0.05) is 13.3 Å². The van der Waals surface area contributed by atoms with Gasteiger partial charge in [0.25, 0.3) is 5.91 Å². The van der Waals surface area contributed by atoms with Crippen molar-refractivity contribution in [2.45, 2.75) is 70.4 Å². The normalized spacial score (nSPS) is 19.4. The van der Waals surface area contributed by atoms with Crippen molar-refractivity contribution in [1.82, 2.24) is 25.2 Å². The molecule has 1 aliphatic heterocycles. The molecule has 0 radical (unpaired) electrons. The number of hydrogen-bond acceptors (Lipinski definition) is 8. The number of pyridine rings is 1. The van der Waals surface area contributed by atoms with Crippen LogP contribution < -0.4 is 10.6 Å². The Morgan fingerprint density at radius 3 is 2.60 bits per heavy atom. The van der Waals surface area contributed by atoms with Gasteiger partial charge in [0, 0.05) is 30.7 Å². The second-order valence-corrected chi connectivity index (χ2v) is 9.60. The number of nitrogens with one attached hydrogen (secondary N) is 2. The van der Waals surface area contributed by atoms with Crippen LogP contribution >= 0.6 is 0 Å². The van der Waals surface area contributed by atoms with Crippen LogP contribution in [0.5, 0.6) is 0 Å². The zero-order valence-electron chi connectivity index (χ0n) is 20.8. The monoisotopic (exact) mass is 479 g/mol. The predicted octanol–water partition coefficient (Wildman–Crippen LogP) is 3.58. The minimum Gasteiger partial charge on any atom is -0.393 e. The van der Waals surface area contributed by atoms with Crippen molar-refractivity contribution >= 4 is 23.4 Å². The lowest BCUT2D eigenvalue weighted by atomic mass is 9.96. The molecule has 3 N–H and O–H groups in total. The Morgan fingerprint density at radius 2 is 1.91 bits per heavy atom. The average Bonchev–Trinajstić information content (AvgIpc) is 2.87. The summed E-state index contributed by atoms with van der Waals surface area (Å²) in [6.07, 6.45) is 10.1. The highest BCUT2D eigenvalue weighted by Crippen LogP contribution is 2.29. The van der Waals surface area contributed by atoms with E-state index < -0.39 is 0 Å². The van der Waals surface area contributed by atoms with Crippen LogP contribution in [-0.2, 0) is 0 Å². The first-order chi connectivity index (χ1) is 17.0. The molecular weight excluding hydrogens is 442 g/mol. The second-order valence-electron chi connectivity index (χ2n) is 9.60. The molecule has 1 saturated carbocycles. The van der Waals surface area contributed by atoms with E-state index in [1.165, 1.54) is 0 Å². The highest BCUT2D eigenvalue weighted by molar-refractivity contribution is 5.94. The molecule has 188 valence electrons. The molecule has 0 bridgehead atoms. The van der Waals surface area contributed by atoms with Crippen LogP contribution in [0.25, 0.3) is 11.3 Å². The van der Waals surface area contributed by atoms with Crippen LogP contribution in [-0.4, -0.2) is 75.4 Å². The van der Waals surface area contributed by atoms with E-state index in [-0.39, 0.29) is 18.1 Å². The molecular formula is C26H37N7O2. The van der Waals surface area contributed by atoms with Crippen molar-refractivity contribution in [3.63, 3.8) is 0 Å². The Morgan fingerprint density at radius 1 is 1.14 bits per heavy atom. The fraction of sp³-hybridized carbons (Fsp3) is 0.577. The molecule has 0 spiro atoms. The number of likely N-dealkylation sites (tertiary alicyclic amines) is 1. The maximum atomic E-state index is 12.7. The fourth-order valence-electron chi connectivity index (χ4n) is 4.41. The SMILES string of the molecule is CCCCNc1ncc(-c2ccc(C(=O)NC3CCN(C)CC3)cn2)c(N=C2CCC(O)CC2)n1. The molecule has 0 atom stereocenters. The maximum absolute atomic E-state index is 12.7. The summed E-state index contributed by atoms with van der Waals surface area (Å²) >= 11 is 0. The number of aliphatic hydroxyl groups excluding tert-OH is 1. The third-order valence-corrected chi connectivity index (χ3v) is 6.73. The highest BCUT2D eigenvalue weighted by atomic mass is 16.3. The number of piperidine rings is 1. The number of hydrogen-bond donors (Lipinski definition) is 3. The molecule has 35 heavy (non-hydrogen) atoms. The smallest absolute Gasteiger partial charge is 0.253 e. The molecule has 4 rings (SSSR count). The van der Waals surface area contributed by atoms with Crippen molar-refractivity contribution in [3.8, 4) is 11.3 Å². The van der Waals surface area contributed by atoms with Crippen LogP contribution in [0.2, 0.25) is 0 Å². The van der Waals surface area contributed by atoms with Crippen LogP contribution in [0, 0.1) is 0 Å². The number of nitrogens with zero attached hydrogens (tertiary/aromatic N) is 5. The second kappa shape index (κ2) is 12.2. The molecule has 2 aromatic rings. The number of amides is 1. The summed E-state index contributed by atoms with van der Waals surface area (Å²) in [6.45, 7) is 4.94. The molecule has 3 heterocycles. The highest BCUT2D eigenvalue weighted by Gasteiger charge is 2.20. The van der Waals surface area contributed by atoms with E-state index >= 15 is 0 Å². The molecule has 0 aromatic carbocycles. The van der Waals surface area contributed by atoms with E-state index in [9.17, 15) is 9.90 Å². The number of rotatable bonds is 8. The van der Waals surface area contributed by atoms with Crippen molar-refractivity contribution in [3.05, 3.63) is 30.1 Å². The van der Waals surface area contributed by atoms with E-state index in [1.807, 2.05) is 6.07 Å². The van der Waals surface area contributed by atoms with Crippen LogP contribution in [0.4, 0.5) is 11.8 Å². The van der Waals surface area contributed by atoms with Gasteiger partial charge in [-0.25, -0.2) is 9.98 Å². The number of carbonyl (C=O) groups excluding carboxylic acids is 1. The van der Waals surface area contributed by atoms with Gasteiger partial charge in [-0.05, 0) is 77.2 Å². The Kier molecular flexibility index (Phi) is 8.76. The number of aliphatic hydroxyl groups is 1.